The molecule has 1 saturated carbocycles. The van der Waals surface area contributed by atoms with Crippen molar-refractivity contribution < 1.29 is 14.6 Å². The maximum atomic E-state index is 13.9. The number of ether oxygens (including phenoxy) is 1. The molecule has 0 unspecified atom stereocenters. The molecule has 47 heavy (non-hydrogen) atoms. The normalized spacial score (nSPS) is 21.7. The van der Waals surface area contributed by atoms with Crippen LogP contribution in [0.1, 0.15) is 60.6 Å². The number of hydrogen-bond acceptors (Lipinski definition) is 9. The Kier molecular flexibility index (Phi) is 9.11. The van der Waals surface area contributed by atoms with Gasteiger partial charge in [-0.2, -0.15) is 0 Å². The Balaban J connectivity index is 1.16. The largest absolute Gasteiger partial charge is 0.496 e. The van der Waals surface area contributed by atoms with Crippen LogP contribution in [0.5, 0.6) is 5.75 Å². The van der Waals surface area contributed by atoms with Gasteiger partial charge in [-0.25, -0.2) is 4.98 Å². The number of carbonyl (C=O) groups is 1. The van der Waals surface area contributed by atoms with Gasteiger partial charge >= 0.3 is 0 Å². The first-order valence-corrected chi connectivity index (χ1v) is 17.0. The van der Waals surface area contributed by atoms with Crippen LogP contribution in [-0.2, 0) is 0 Å². The fraction of sp³-hybridized carbons (Fsp3) is 0.500. The molecule has 11 heteroatoms. The number of likely N-dealkylation sites (N-methyl/N-ethyl adjacent to an activating group) is 1. The molecule has 3 aliphatic rings. The molecule has 2 aliphatic heterocycles. The van der Waals surface area contributed by atoms with Crippen LogP contribution in [0.25, 0.3) is 22.3 Å². The minimum atomic E-state index is -0.279. The number of piperazine rings is 1. The van der Waals surface area contributed by atoms with E-state index in [4.69, 9.17) is 9.72 Å². The number of aliphatic hydroxyl groups excluding tert-OH is 1. The van der Waals surface area contributed by atoms with Gasteiger partial charge in [0, 0.05) is 80.7 Å². The number of pyridine rings is 2. The smallest absolute Gasteiger partial charge is 0.258 e. The molecule has 1 aromatic carbocycles. The number of fused-ring (bicyclic) bond motifs is 1. The number of benzene rings is 1. The van der Waals surface area contributed by atoms with Gasteiger partial charge in [0.1, 0.15) is 5.75 Å². The highest BCUT2D eigenvalue weighted by atomic mass is 16.5. The van der Waals surface area contributed by atoms with E-state index in [9.17, 15) is 9.90 Å². The van der Waals surface area contributed by atoms with Crippen molar-refractivity contribution in [2.75, 3.05) is 63.6 Å². The second-order valence-corrected chi connectivity index (χ2v) is 13.4. The minimum absolute atomic E-state index is 0.131. The lowest BCUT2D eigenvalue weighted by atomic mass is 9.93. The lowest BCUT2D eigenvalue weighted by molar-refractivity contribution is 0.0982. The maximum Gasteiger partial charge on any atom is 0.258 e. The fourth-order valence-electron chi connectivity index (χ4n) is 7.59. The molecule has 248 valence electrons. The molecule has 1 amide bonds. The van der Waals surface area contributed by atoms with E-state index in [2.05, 4.69) is 59.8 Å². The molecule has 11 nitrogen and oxygen atoms in total. The van der Waals surface area contributed by atoms with Crippen molar-refractivity contribution in [3.05, 3.63) is 60.0 Å². The van der Waals surface area contributed by atoms with Gasteiger partial charge in [0.2, 0.25) is 5.95 Å². The van der Waals surface area contributed by atoms with Crippen LogP contribution in [0.15, 0.2) is 48.8 Å². The third-order valence-corrected chi connectivity index (χ3v) is 10.3. The summed E-state index contributed by atoms with van der Waals surface area (Å²) in [7, 11) is 3.82. The maximum absolute atomic E-state index is 13.9. The molecular weight excluding hydrogens is 592 g/mol. The Bertz CT molecular complexity index is 1720. The predicted octanol–water partition coefficient (Wildman–Crippen LogP) is 4.75. The number of nitrogens with one attached hydrogen (secondary N) is 1. The van der Waals surface area contributed by atoms with Crippen molar-refractivity contribution in [2.24, 2.45) is 0 Å². The van der Waals surface area contributed by atoms with Crippen LogP contribution < -0.4 is 15.0 Å². The van der Waals surface area contributed by atoms with Gasteiger partial charge < -0.3 is 24.2 Å². The van der Waals surface area contributed by atoms with Crippen LogP contribution in [0, 0.1) is 6.92 Å². The molecule has 1 aliphatic carbocycles. The highest BCUT2D eigenvalue weighted by molar-refractivity contribution is 6.05. The molecule has 3 aromatic heterocycles. The van der Waals surface area contributed by atoms with E-state index < -0.39 is 0 Å². The first-order chi connectivity index (χ1) is 22.9. The molecule has 5 heterocycles. The van der Waals surface area contributed by atoms with E-state index in [1.54, 1.807) is 37.7 Å². The number of aryl methyl sites for hydroxylation is 1. The second kappa shape index (κ2) is 13.6. The first kappa shape index (κ1) is 31.5. The third-order valence-electron chi connectivity index (χ3n) is 10.3. The zero-order chi connectivity index (χ0) is 32.5. The number of nitrogens with zero attached hydrogens (tertiary/aromatic N) is 7. The Morgan fingerprint density at radius 2 is 1.68 bits per heavy atom. The molecular formula is C36H46N8O3. The number of piperidine rings is 1. The average molecular weight is 639 g/mol. The number of aromatic nitrogens is 4. The van der Waals surface area contributed by atoms with Gasteiger partial charge in [0.25, 0.3) is 5.91 Å². The van der Waals surface area contributed by atoms with E-state index in [-0.39, 0.29) is 18.1 Å². The fourth-order valence-corrected chi connectivity index (χ4v) is 7.59. The average Bonchev–Trinajstić information content (AvgIpc) is 3.45. The Labute approximate surface area is 276 Å². The van der Waals surface area contributed by atoms with Crippen molar-refractivity contribution in [2.45, 2.75) is 63.6 Å². The van der Waals surface area contributed by atoms with Crippen molar-refractivity contribution >= 4 is 28.6 Å². The SMILES string of the molecule is COc1ccncc1-c1cc(C(=O)Nc2nc3ccc(N4CCC(N5CCN(C)CC5)CC4)cc3n2[C@H]2CC[C@@H](O)CC2)cc(C)n1. The zero-order valence-electron chi connectivity index (χ0n) is 27.7. The monoisotopic (exact) mass is 638 g/mol. The molecule has 2 N–H and O–H groups in total. The van der Waals surface area contributed by atoms with Gasteiger partial charge in [0.15, 0.2) is 0 Å². The summed E-state index contributed by atoms with van der Waals surface area (Å²) in [5.41, 5.74) is 5.62. The van der Waals surface area contributed by atoms with Gasteiger partial charge in [-0.1, -0.05) is 0 Å². The Morgan fingerprint density at radius 1 is 0.915 bits per heavy atom. The molecule has 3 fully saturated rings. The Hall–Kier alpha value is -4.06. The van der Waals surface area contributed by atoms with E-state index >= 15 is 0 Å². The topological polar surface area (TPSA) is 112 Å². The summed E-state index contributed by atoms with van der Waals surface area (Å²) in [5.74, 6) is 0.926. The standard InChI is InChI=1S/C36H46N8O3/c1-24-20-25(21-32(38-24)30-23-37-13-10-34(30)47-3)35(46)40-36-39-31-9-6-28(22-33(31)44(36)27-4-7-29(45)8-5-27)42-14-11-26(12-15-42)43-18-16-41(2)17-19-43/h6,9-10,13,20-23,26-27,29,45H,4-5,7-8,11-12,14-19H2,1-3H3,(H,39,40,46)/t27-,29+. The number of hydrogen-bond donors (Lipinski definition) is 2. The lowest BCUT2D eigenvalue weighted by Crippen LogP contribution is -2.52. The summed E-state index contributed by atoms with van der Waals surface area (Å²) < 4.78 is 7.74. The molecule has 0 radical (unpaired) electrons. The lowest BCUT2D eigenvalue weighted by Gasteiger charge is -2.42. The molecule has 4 aromatic rings. The van der Waals surface area contributed by atoms with Gasteiger partial charge in [-0.3, -0.25) is 25.0 Å². The van der Waals surface area contributed by atoms with Gasteiger partial charge in [-0.15, -0.1) is 0 Å². The minimum Gasteiger partial charge on any atom is -0.496 e. The summed E-state index contributed by atoms with van der Waals surface area (Å²) in [5, 5.41) is 13.5. The number of aliphatic hydroxyl groups is 1. The number of amides is 1. The van der Waals surface area contributed by atoms with Crippen molar-refractivity contribution in [3.63, 3.8) is 0 Å². The molecule has 0 bridgehead atoms. The number of carbonyl (C=O) groups excluding carboxylic acids is 1. The van der Waals surface area contributed by atoms with Crippen LogP contribution in [-0.4, -0.2) is 106 Å². The zero-order valence-corrected chi connectivity index (χ0v) is 27.7. The quantitative estimate of drug-likeness (QED) is 0.296. The number of anilines is 2. The summed E-state index contributed by atoms with van der Waals surface area (Å²) in [6, 6.07) is 12.6. The summed E-state index contributed by atoms with van der Waals surface area (Å²) >= 11 is 0. The van der Waals surface area contributed by atoms with Gasteiger partial charge in [-0.05, 0) is 88.9 Å². The summed E-state index contributed by atoms with van der Waals surface area (Å²) in [6.45, 7) is 8.56. The van der Waals surface area contributed by atoms with E-state index in [0.717, 1.165) is 87.2 Å². The van der Waals surface area contributed by atoms with Crippen LogP contribution in [0.3, 0.4) is 0 Å². The second-order valence-electron chi connectivity index (χ2n) is 13.4. The number of rotatable bonds is 7. The van der Waals surface area contributed by atoms with Crippen molar-refractivity contribution in [1.82, 2.24) is 29.3 Å². The van der Waals surface area contributed by atoms with Crippen LogP contribution in [0.4, 0.5) is 11.6 Å². The number of methoxy groups -OCH3 is 1. The molecule has 0 atom stereocenters. The van der Waals surface area contributed by atoms with Crippen molar-refractivity contribution in [3.8, 4) is 17.0 Å². The van der Waals surface area contributed by atoms with E-state index in [1.807, 2.05) is 6.92 Å². The molecule has 2 saturated heterocycles. The predicted molar refractivity (Wildman–Crippen MR) is 184 cm³/mol. The highest BCUT2D eigenvalue weighted by Crippen LogP contribution is 2.37. The van der Waals surface area contributed by atoms with E-state index in [1.165, 1.54) is 18.5 Å². The van der Waals surface area contributed by atoms with E-state index in [0.29, 0.717) is 29.0 Å². The highest BCUT2D eigenvalue weighted by Gasteiger charge is 2.29. The summed E-state index contributed by atoms with van der Waals surface area (Å²) in [4.78, 5) is 35.3. The third kappa shape index (κ3) is 6.70. The summed E-state index contributed by atoms with van der Waals surface area (Å²) in [6.07, 6.45) is 8.55. The van der Waals surface area contributed by atoms with Crippen LogP contribution in [0.2, 0.25) is 0 Å². The molecule has 7 rings (SSSR count). The van der Waals surface area contributed by atoms with Crippen LogP contribution >= 0.6 is 0 Å². The molecule has 0 spiro atoms. The number of imidazole rings is 1. The Morgan fingerprint density at radius 3 is 2.43 bits per heavy atom. The van der Waals surface area contributed by atoms with Gasteiger partial charge in [0.05, 0.1) is 35.5 Å². The first-order valence-electron chi connectivity index (χ1n) is 17.0. The van der Waals surface area contributed by atoms with Crippen molar-refractivity contribution in [1.29, 1.82) is 0 Å².